The molecule has 2 aliphatic heterocycles. The SMILES string of the molecule is C1=C(C2OC2COCC2OC2C2=CCCCC2)CCCC1. The Morgan fingerprint density at radius 3 is 1.76 bits per heavy atom. The summed E-state index contributed by atoms with van der Waals surface area (Å²) in [5, 5.41) is 0. The van der Waals surface area contributed by atoms with Gasteiger partial charge in [-0.2, -0.15) is 0 Å². The molecule has 0 bridgehead atoms. The van der Waals surface area contributed by atoms with Gasteiger partial charge in [0.15, 0.2) is 0 Å². The number of epoxide rings is 2. The second-order valence-electron chi connectivity index (χ2n) is 6.78. The van der Waals surface area contributed by atoms with E-state index >= 15 is 0 Å². The van der Waals surface area contributed by atoms with Crippen molar-refractivity contribution in [2.45, 2.75) is 75.8 Å². The zero-order valence-electron chi connectivity index (χ0n) is 12.8. The van der Waals surface area contributed by atoms with Crippen molar-refractivity contribution in [3.05, 3.63) is 23.3 Å². The summed E-state index contributed by atoms with van der Waals surface area (Å²) in [4.78, 5) is 0. The number of ether oxygens (including phenoxy) is 3. The lowest BCUT2D eigenvalue weighted by Crippen LogP contribution is -2.13. The molecule has 0 radical (unpaired) electrons. The van der Waals surface area contributed by atoms with Crippen LogP contribution in [0.4, 0.5) is 0 Å². The van der Waals surface area contributed by atoms with Crippen LogP contribution in [-0.4, -0.2) is 37.6 Å². The second-order valence-corrected chi connectivity index (χ2v) is 6.78. The van der Waals surface area contributed by atoms with Gasteiger partial charge in [-0.3, -0.25) is 0 Å². The Hall–Kier alpha value is -0.640. The molecular formula is C18H26O3. The molecule has 4 unspecified atom stereocenters. The van der Waals surface area contributed by atoms with Gasteiger partial charge >= 0.3 is 0 Å². The van der Waals surface area contributed by atoms with E-state index in [0.717, 1.165) is 13.2 Å². The van der Waals surface area contributed by atoms with Crippen LogP contribution < -0.4 is 0 Å². The highest BCUT2D eigenvalue weighted by molar-refractivity contribution is 5.20. The lowest BCUT2D eigenvalue weighted by molar-refractivity contribution is 0.102. The fraction of sp³-hybridized carbons (Fsp3) is 0.778. The first kappa shape index (κ1) is 14.0. The van der Waals surface area contributed by atoms with Gasteiger partial charge in [-0.15, -0.1) is 0 Å². The molecule has 0 spiro atoms. The first-order valence-electron chi connectivity index (χ1n) is 8.68. The lowest BCUT2D eigenvalue weighted by atomic mass is 9.96. The van der Waals surface area contributed by atoms with Crippen LogP contribution in [0.3, 0.4) is 0 Å². The molecule has 2 aliphatic carbocycles. The van der Waals surface area contributed by atoms with Gasteiger partial charge in [-0.1, -0.05) is 12.2 Å². The molecule has 3 nitrogen and oxygen atoms in total. The van der Waals surface area contributed by atoms with Crippen LogP contribution in [0.2, 0.25) is 0 Å². The Balaban J connectivity index is 1.14. The van der Waals surface area contributed by atoms with Crippen LogP contribution in [0.5, 0.6) is 0 Å². The minimum atomic E-state index is 0.306. The number of allylic oxidation sites excluding steroid dienone is 2. The van der Waals surface area contributed by atoms with Gasteiger partial charge in [0.25, 0.3) is 0 Å². The van der Waals surface area contributed by atoms with Crippen molar-refractivity contribution in [3.63, 3.8) is 0 Å². The highest BCUT2D eigenvalue weighted by Crippen LogP contribution is 2.37. The molecular weight excluding hydrogens is 264 g/mol. The Bertz CT molecular complexity index is 400. The second kappa shape index (κ2) is 6.23. The molecule has 0 N–H and O–H groups in total. The Morgan fingerprint density at radius 1 is 0.810 bits per heavy atom. The van der Waals surface area contributed by atoms with Gasteiger partial charge in [-0.25, -0.2) is 0 Å². The van der Waals surface area contributed by atoms with Crippen molar-refractivity contribution in [1.82, 2.24) is 0 Å². The predicted octanol–water partition coefficient (Wildman–Crippen LogP) is 3.54. The van der Waals surface area contributed by atoms with Gasteiger partial charge in [0, 0.05) is 0 Å². The average molecular weight is 290 g/mol. The van der Waals surface area contributed by atoms with Gasteiger partial charge in [-0.05, 0) is 62.5 Å². The molecule has 0 saturated carbocycles. The molecule has 0 amide bonds. The standard InChI is InChI=1S/C18H26O3/c1-3-7-13(8-4-1)17-15(20-17)11-19-12-16-18(21-16)14-9-5-2-6-10-14/h7,9,15-18H,1-6,8,10-12H2. The first-order valence-corrected chi connectivity index (χ1v) is 8.68. The summed E-state index contributed by atoms with van der Waals surface area (Å²) in [6.07, 6.45) is 16.3. The zero-order chi connectivity index (χ0) is 14.1. The fourth-order valence-corrected chi connectivity index (χ4v) is 3.73. The van der Waals surface area contributed by atoms with Crippen molar-refractivity contribution in [1.29, 1.82) is 0 Å². The molecule has 116 valence electrons. The zero-order valence-corrected chi connectivity index (χ0v) is 12.8. The Labute approximate surface area is 127 Å². The van der Waals surface area contributed by atoms with E-state index in [1.165, 1.54) is 62.5 Å². The van der Waals surface area contributed by atoms with Crippen molar-refractivity contribution in [3.8, 4) is 0 Å². The van der Waals surface area contributed by atoms with E-state index in [2.05, 4.69) is 12.2 Å². The maximum atomic E-state index is 5.82. The summed E-state index contributed by atoms with van der Waals surface area (Å²) < 4.78 is 17.3. The van der Waals surface area contributed by atoms with Crippen molar-refractivity contribution >= 4 is 0 Å². The molecule has 21 heavy (non-hydrogen) atoms. The third-order valence-corrected chi connectivity index (χ3v) is 5.11. The monoisotopic (exact) mass is 290 g/mol. The van der Waals surface area contributed by atoms with Crippen LogP contribution in [0.15, 0.2) is 23.3 Å². The molecule has 4 rings (SSSR count). The fourth-order valence-electron chi connectivity index (χ4n) is 3.73. The summed E-state index contributed by atoms with van der Waals surface area (Å²) in [7, 11) is 0. The van der Waals surface area contributed by atoms with Gasteiger partial charge < -0.3 is 14.2 Å². The minimum absolute atomic E-state index is 0.306. The third-order valence-electron chi connectivity index (χ3n) is 5.11. The molecule has 2 fully saturated rings. The Morgan fingerprint density at radius 2 is 1.33 bits per heavy atom. The molecule has 4 atom stereocenters. The first-order chi connectivity index (χ1) is 10.4. The summed E-state index contributed by atoms with van der Waals surface area (Å²) in [5.41, 5.74) is 3.03. The molecule has 4 aliphatic rings. The van der Waals surface area contributed by atoms with Crippen LogP contribution in [-0.2, 0) is 14.2 Å². The van der Waals surface area contributed by atoms with E-state index in [4.69, 9.17) is 14.2 Å². The maximum absolute atomic E-state index is 5.82. The van der Waals surface area contributed by atoms with E-state index in [-0.39, 0.29) is 0 Å². The lowest BCUT2D eigenvalue weighted by Gasteiger charge is -2.10. The topological polar surface area (TPSA) is 34.3 Å². The van der Waals surface area contributed by atoms with Crippen LogP contribution in [0.1, 0.15) is 51.4 Å². The summed E-state index contributed by atoms with van der Waals surface area (Å²) in [6, 6.07) is 0. The van der Waals surface area contributed by atoms with Gasteiger partial charge in [0.05, 0.1) is 13.2 Å². The number of hydrogen-bond acceptors (Lipinski definition) is 3. The van der Waals surface area contributed by atoms with Crippen LogP contribution >= 0.6 is 0 Å². The normalized spacial score (nSPS) is 38.7. The molecule has 2 saturated heterocycles. The number of hydrogen-bond donors (Lipinski definition) is 0. The summed E-state index contributed by atoms with van der Waals surface area (Å²) >= 11 is 0. The van der Waals surface area contributed by atoms with E-state index in [0.29, 0.717) is 24.4 Å². The van der Waals surface area contributed by atoms with E-state index < -0.39 is 0 Å². The van der Waals surface area contributed by atoms with Gasteiger partial charge in [0.1, 0.15) is 24.4 Å². The number of rotatable bonds is 6. The molecule has 0 aromatic heterocycles. The smallest absolute Gasteiger partial charge is 0.112 e. The summed E-state index contributed by atoms with van der Waals surface area (Å²) in [5.74, 6) is 0. The van der Waals surface area contributed by atoms with E-state index in [1.807, 2.05) is 0 Å². The third kappa shape index (κ3) is 3.41. The summed E-state index contributed by atoms with van der Waals surface area (Å²) in [6.45, 7) is 1.46. The quantitative estimate of drug-likeness (QED) is 0.554. The van der Waals surface area contributed by atoms with Crippen molar-refractivity contribution in [2.75, 3.05) is 13.2 Å². The van der Waals surface area contributed by atoms with E-state index in [1.54, 1.807) is 0 Å². The molecule has 0 aromatic carbocycles. The van der Waals surface area contributed by atoms with E-state index in [9.17, 15) is 0 Å². The minimum Gasteiger partial charge on any atom is -0.376 e. The molecule has 3 heteroatoms. The highest BCUT2D eigenvalue weighted by Gasteiger charge is 2.44. The average Bonchev–Trinajstić information content (AvgIpc) is 3.45. The Kier molecular flexibility index (Phi) is 4.15. The van der Waals surface area contributed by atoms with Crippen molar-refractivity contribution in [2.24, 2.45) is 0 Å². The highest BCUT2D eigenvalue weighted by atomic mass is 16.6. The maximum Gasteiger partial charge on any atom is 0.112 e. The van der Waals surface area contributed by atoms with Crippen LogP contribution in [0, 0.1) is 0 Å². The predicted molar refractivity (Wildman–Crippen MR) is 81.2 cm³/mol. The molecule has 2 heterocycles. The van der Waals surface area contributed by atoms with Gasteiger partial charge in [0.2, 0.25) is 0 Å². The van der Waals surface area contributed by atoms with Crippen LogP contribution in [0.25, 0.3) is 0 Å². The van der Waals surface area contributed by atoms with Crippen molar-refractivity contribution < 1.29 is 14.2 Å². The largest absolute Gasteiger partial charge is 0.376 e. The molecule has 0 aromatic rings.